The molecule has 118 valence electrons. The predicted octanol–water partition coefficient (Wildman–Crippen LogP) is 2.61. The molecule has 0 spiro atoms. The molecule has 0 unspecified atom stereocenters. The molecule has 22 heavy (non-hydrogen) atoms. The number of halogens is 2. The van der Waals surface area contributed by atoms with E-state index in [1.165, 1.54) is 14.2 Å². The van der Waals surface area contributed by atoms with Crippen LogP contribution in [0.4, 0.5) is 5.69 Å². The smallest absolute Gasteiger partial charge is 0.355 e. The van der Waals surface area contributed by atoms with E-state index < -0.39 is 11.9 Å². The van der Waals surface area contributed by atoms with Gasteiger partial charge in [0, 0.05) is 8.95 Å². The summed E-state index contributed by atoms with van der Waals surface area (Å²) in [5.41, 5.74) is 0.906. The summed E-state index contributed by atoms with van der Waals surface area (Å²) in [5.74, 6) is -1.25. The van der Waals surface area contributed by atoms with Gasteiger partial charge in [-0.1, -0.05) is 15.9 Å². The standard InChI is InChI=1S/C14H13Br2NO5/c1-20-13(18)9-6-22-7-17(12(9)14(19)21-2)11-4-3-8(15)5-10(11)16/h3-5H,6-7H2,1-2H3. The first kappa shape index (κ1) is 17.0. The summed E-state index contributed by atoms with van der Waals surface area (Å²) in [4.78, 5) is 25.6. The van der Waals surface area contributed by atoms with Gasteiger partial charge in [-0.3, -0.25) is 0 Å². The molecule has 0 aromatic heterocycles. The maximum atomic E-state index is 12.1. The highest BCUT2D eigenvalue weighted by Crippen LogP contribution is 2.34. The van der Waals surface area contributed by atoms with E-state index in [4.69, 9.17) is 14.2 Å². The third-order valence-electron chi connectivity index (χ3n) is 3.03. The Bertz CT molecular complexity index is 644. The minimum absolute atomic E-state index is 0.0121. The summed E-state index contributed by atoms with van der Waals surface area (Å²) in [6, 6.07) is 5.44. The fourth-order valence-corrected chi connectivity index (χ4v) is 3.29. The molecule has 1 aliphatic rings. The van der Waals surface area contributed by atoms with Crippen LogP contribution in [0.15, 0.2) is 38.4 Å². The molecule has 0 saturated heterocycles. The first-order valence-corrected chi connectivity index (χ1v) is 7.78. The van der Waals surface area contributed by atoms with E-state index in [0.29, 0.717) is 5.69 Å². The lowest BCUT2D eigenvalue weighted by Crippen LogP contribution is -2.39. The van der Waals surface area contributed by atoms with Gasteiger partial charge in [-0.05, 0) is 34.1 Å². The molecule has 0 radical (unpaired) electrons. The van der Waals surface area contributed by atoms with Crippen molar-refractivity contribution in [3.63, 3.8) is 0 Å². The van der Waals surface area contributed by atoms with Gasteiger partial charge in [0.1, 0.15) is 12.4 Å². The zero-order valence-electron chi connectivity index (χ0n) is 11.9. The zero-order chi connectivity index (χ0) is 16.3. The molecule has 0 fully saturated rings. The van der Waals surface area contributed by atoms with E-state index in [9.17, 15) is 9.59 Å². The lowest BCUT2D eigenvalue weighted by molar-refractivity contribution is -0.140. The molecule has 8 heteroatoms. The van der Waals surface area contributed by atoms with Gasteiger partial charge >= 0.3 is 11.9 Å². The second-order valence-corrected chi connectivity index (χ2v) is 6.08. The van der Waals surface area contributed by atoms with Crippen LogP contribution in [0, 0.1) is 0 Å². The van der Waals surface area contributed by atoms with Crippen LogP contribution in [0.2, 0.25) is 0 Å². The number of carbonyl (C=O) groups excluding carboxylic acids is 2. The number of carbonyl (C=O) groups is 2. The van der Waals surface area contributed by atoms with Crippen molar-refractivity contribution in [2.75, 3.05) is 32.5 Å². The molecule has 0 aliphatic carbocycles. The Morgan fingerprint density at radius 1 is 1.18 bits per heavy atom. The number of benzene rings is 1. The molecular formula is C14H13Br2NO5. The molecule has 1 aliphatic heterocycles. The lowest BCUT2D eigenvalue weighted by atomic mass is 10.1. The average Bonchev–Trinajstić information content (AvgIpc) is 2.52. The zero-order valence-corrected chi connectivity index (χ0v) is 15.1. The van der Waals surface area contributed by atoms with Gasteiger partial charge < -0.3 is 19.1 Å². The second kappa shape index (κ2) is 7.26. The average molecular weight is 435 g/mol. The number of methoxy groups -OCH3 is 2. The summed E-state index contributed by atoms with van der Waals surface area (Å²) in [6.45, 7) is 0.104. The van der Waals surface area contributed by atoms with E-state index in [2.05, 4.69) is 31.9 Å². The molecule has 0 N–H and O–H groups in total. The van der Waals surface area contributed by atoms with Crippen molar-refractivity contribution in [1.29, 1.82) is 0 Å². The van der Waals surface area contributed by atoms with E-state index >= 15 is 0 Å². The van der Waals surface area contributed by atoms with Crippen molar-refractivity contribution in [1.82, 2.24) is 0 Å². The number of hydrogen-bond donors (Lipinski definition) is 0. The number of rotatable bonds is 3. The normalized spacial score (nSPS) is 14.8. The fourth-order valence-electron chi connectivity index (χ4n) is 2.03. The van der Waals surface area contributed by atoms with E-state index in [0.717, 1.165) is 8.95 Å². The second-order valence-electron chi connectivity index (χ2n) is 4.31. The van der Waals surface area contributed by atoms with Gasteiger partial charge in [0.15, 0.2) is 0 Å². The molecule has 0 atom stereocenters. The van der Waals surface area contributed by atoms with Gasteiger partial charge in [-0.15, -0.1) is 0 Å². The molecular weight excluding hydrogens is 422 g/mol. The van der Waals surface area contributed by atoms with Crippen LogP contribution in [0.5, 0.6) is 0 Å². The van der Waals surface area contributed by atoms with Crippen LogP contribution in [0.3, 0.4) is 0 Å². The van der Waals surface area contributed by atoms with Crippen molar-refractivity contribution in [3.8, 4) is 0 Å². The quantitative estimate of drug-likeness (QED) is 0.681. The Kier molecular flexibility index (Phi) is 5.60. The maximum absolute atomic E-state index is 12.1. The third kappa shape index (κ3) is 3.34. The first-order valence-electron chi connectivity index (χ1n) is 6.19. The molecule has 1 aromatic rings. The molecule has 0 amide bonds. The fraction of sp³-hybridized carbons (Fsp3) is 0.286. The van der Waals surface area contributed by atoms with Crippen LogP contribution in [0.1, 0.15) is 0 Å². The van der Waals surface area contributed by atoms with Crippen molar-refractivity contribution in [3.05, 3.63) is 38.4 Å². The maximum Gasteiger partial charge on any atom is 0.355 e. The molecule has 0 bridgehead atoms. The largest absolute Gasteiger partial charge is 0.466 e. The van der Waals surface area contributed by atoms with Crippen LogP contribution >= 0.6 is 31.9 Å². The summed E-state index contributed by atoms with van der Waals surface area (Å²) >= 11 is 6.80. The minimum atomic E-state index is -0.627. The molecule has 2 rings (SSSR count). The van der Waals surface area contributed by atoms with Crippen molar-refractivity contribution < 1.29 is 23.8 Å². The topological polar surface area (TPSA) is 65.1 Å². The van der Waals surface area contributed by atoms with Crippen LogP contribution in [-0.4, -0.2) is 39.5 Å². The van der Waals surface area contributed by atoms with Crippen LogP contribution in [0.25, 0.3) is 0 Å². The Hall–Kier alpha value is -1.38. The van der Waals surface area contributed by atoms with Crippen molar-refractivity contribution in [2.45, 2.75) is 0 Å². The first-order chi connectivity index (χ1) is 10.5. The van der Waals surface area contributed by atoms with Gasteiger partial charge in [0.25, 0.3) is 0 Å². The number of hydrogen-bond acceptors (Lipinski definition) is 6. The number of anilines is 1. The highest BCUT2D eigenvalue weighted by Gasteiger charge is 2.33. The Balaban J connectivity index is 2.57. The molecule has 1 aromatic carbocycles. The summed E-state index contributed by atoms with van der Waals surface area (Å²) in [6.07, 6.45) is 0. The molecule has 6 nitrogen and oxygen atoms in total. The van der Waals surface area contributed by atoms with Crippen LogP contribution < -0.4 is 4.90 Å². The predicted molar refractivity (Wildman–Crippen MR) is 86.2 cm³/mol. The number of esters is 2. The SMILES string of the molecule is COC(=O)C1=C(C(=O)OC)N(c2ccc(Br)cc2Br)COC1. The van der Waals surface area contributed by atoms with Gasteiger partial charge in [-0.25, -0.2) is 9.59 Å². The monoisotopic (exact) mass is 433 g/mol. The van der Waals surface area contributed by atoms with E-state index in [1.54, 1.807) is 11.0 Å². The van der Waals surface area contributed by atoms with Gasteiger partial charge in [0.2, 0.25) is 0 Å². The number of nitrogens with zero attached hydrogens (tertiary/aromatic N) is 1. The van der Waals surface area contributed by atoms with E-state index in [1.807, 2.05) is 12.1 Å². The minimum Gasteiger partial charge on any atom is -0.466 e. The third-order valence-corrected chi connectivity index (χ3v) is 4.16. The Morgan fingerprint density at radius 2 is 1.86 bits per heavy atom. The number of ether oxygens (including phenoxy) is 3. The van der Waals surface area contributed by atoms with Gasteiger partial charge in [-0.2, -0.15) is 0 Å². The Morgan fingerprint density at radius 3 is 2.45 bits per heavy atom. The van der Waals surface area contributed by atoms with Crippen LogP contribution in [-0.2, 0) is 23.8 Å². The highest BCUT2D eigenvalue weighted by atomic mass is 79.9. The van der Waals surface area contributed by atoms with Gasteiger partial charge in [0.05, 0.1) is 32.1 Å². The molecule has 0 saturated carbocycles. The van der Waals surface area contributed by atoms with E-state index in [-0.39, 0.29) is 24.6 Å². The Labute approximate surface area is 144 Å². The summed E-state index contributed by atoms with van der Waals surface area (Å²) in [5, 5.41) is 0. The van der Waals surface area contributed by atoms with Crippen molar-refractivity contribution >= 4 is 49.5 Å². The van der Waals surface area contributed by atoms with Crippen molar-refractivity contribution in [2.24, 2.45) is 0 Å². The summed E-state index contributed by atoms with van der Waals surface area (Å²) in [7, 11) is 2.51. The molecule has 1 heterocycles. The summed E-state index contributed by atoms with van der Waals surface area (Å²) < 4.78 is 16.5. The lowest BCUT2D eigenvalue weighted by Gasteiger charge is -2.31. The highest BCUT2D eigenvalue weighted by molar-refractivity contribution is 9.11.